The molecule has 194 valence electrons. The van der Waals surface area contributed by atoms with Crippen LogP contribution in [-0.4, -0.2) is 56.5 Å². The van der Waals surface area contributed by atoms with E-state index in [9.17, 15) is 4.79 Å². The van der Waals surface area contributed by atoms with Crippen molar-refractivity contribution in [2.45, 2.75) is 83.5 Å². The molecular weight excluding hydrogens is 456 g/mol. The van der Waals surface area contributed by atoms with Crippen LogP contribution in [0.4, 0.5) is 0 Å². The second-order valence-electron chi connectivity index (χ2n) is 10.6. The highest BCUT2D eigenvalue weighted by atomic mass is 16.5. The van der Waals surface area contributed by atoms with E-state index >= 15 is 0 Å². The topological polar surface area (TPSA) is 98.2 Å². The number of aromatic amines is 1. The lowest BCUT2D eigenvalue weighted by Gasteiger charge is -2.36. The van der Waals surface area contributed by atoms with Gasteiger partial charge in [-0.25, -0.2) is 4.68 Å². The van der Waals surface area contributed by atoms with Crippen molar-refractivity contribution in [3.05, 3.63) is 46.0 Å². The SMILES string of the molecule is COc1ccc2cc(CN(C[C@H]3CCCO3)[C@H](c3nnnn3C3CCCCC3)C(C)C)c(=O)[nH]c2c1. The van der Waals surface area contributed by atoms with E-state index in [4.69, 9.17) is 9.47 Å². The zero-order chi connectivity index (χ0) is 25.1. The van der Waals surface area contributed by atoms with Crippen LogP contribution in [-0.2, 0) is 11.3 Å². The number of aromatic nitrogens is 5. The first-order valence-electron chi connectivity index (χ1n) is 13.4. The molecule has 1 aromatic carbocycles. The van der Waals surface area contributed by atoms with E-state index in [1.165, 1.54) is 19.3 Å². The van der Waals surface area contributed by atoms with E-state index < -0.39 is 0 Å². The molecule has 1 saturated carbocycles. The Morgan fingerprint density at radius 3 is 2.72 bits per heavy atom. The first kappa shape index (κ1) is 24.9. The van der Waals surface area contributed by atoms with E-state index in [-0.39, 0.29) is 23.6 Å². The number of tetrazole rings is 1. The highest BCUT2D eigenvalue weighted by Gasteiger charge is 2.34. The second kappa shape index (κ2) is 11.1. The molecule has 1 N–H and O–H groups in total. The molecule has 1 aliphatic heterocycles. The Labute approximate surface area is 212 Å². The van der Waals surface area contributed by atoms with E-state index in [0.29, 0.717) is 12.6 Å². The summed E-state index contributed by atoms with van der Waals surface area (Å²) in [6.45, 7) is 6.45. The predicted molar refractivity (Wildman–Crippen MR) is 138 cm³/mol. The maximum absolute atomic E-state index is 13.2. The first-order chi connectivity index (χ1) is 17.5. The van der Waals surface area contributed by atoms with E-state index in [1.807, 2.05) is 24.3 Å². The Bertz CT molecular complexity index is 1210. The third kappa shape index (κ3) is 5.32. The molecule has 9 heteroatoms. The van der Waals surface area contributed by atoms with Gasteiger partial charge in [0.05, 0.1) is 30.8 Å². The zero-order valence-corrected chi connectivity index (χ0v) is 21.7. The van der Waals surface area contributed by atoms with Gasteiger partial charge in [0.2, 0.25) is 0 Å². The lowest BCUT2D eigenvalue weighted by Crippen LogP contribution is -2.40. The fraction of sp³-hybridized carbons (Fsp3) is 0.630. The van der Waals surface area contributed by atoms with E-state index in [2.05, 4.69) is 43.9 Å². The fourth-order valence-electron chi connectivity index (χ4n) is 5.88. The van der Waals surface area contributed by atoms with Gasteiger partial charge in [0.25, 0.3) is 5.56 Å². The number of nitrogens with zero attached hydrogens (tertiary/aromatic N) is 5. The summed E-state index contributed by atoms with van der Waals surface area (Å²) in [7, 11) is 1.63. The van der Waals surface area contributed by atoms with E-state index in [1.54, 1.807) is 7.11 Å². The summed E-state index contributed by atoms with van der Waals surface area (Å²) in [6.07, 6.45) is 8.19. The number of pyridine rings is 1. The minimum absolute atomic E-state index is 0.0305. The normalized spacial score (nSPS) is 20.0. The van der Waals surface area contributed by atoms with Gasteiger partial charge in [0, 0.05) is 31.3 Å². The number of hydrogen-bond donors (Lipinski definition) is 1. The van der Waals surface area contributed by atoms with Crippen LogP contribution < -0.4 is 10.3 Å². The van der Waals surface area contributed by atoms with Gasteiger partial charge in [-0.05, 0) is 65.6 Å². The summed E-state index contributed by atoms with van der Waals surface area (Å²) in [4.78, 5) is 18.6. The second-order valence-corrected chi connectivity index (χ2v) is 10.6. The quantitative estimate of drug-likeness (QED) is 0.471. The molecule has 1 aliphatic carbocycles. The summed E-state index contributed by atoms with van der Waals surface area (Å²) in [5.41, 5.74) is 1.42. The van der Waals surface area contributed by atoms with Crippen molar-refractivity contribution in [1.82, 2.24) is 30.1 Å². The van der Waals surface area contributed by atoms with Crippen molar-refractivity contribution in [3.63, 3.8) is 0 Å². The molecular formula is C27H38N6O3. The van der Waals surface area contributed by atoms with Gasteiger partial charge in [-0.2, -0.15) is 0 Å². The standard InChI is InChI=1S/C27H38N6O3/c1-18(2)25(26-29-30-31-33(26)21-8-5-4-6-9-21)32(17-23-10-7-13-36-23)16-20-14-19-11-12-22(35-3)15-24(19)28-27(20)34/h11-12,14-15,18,21,23,25H,4-10,13,16-17H2,1-3H3,(H,28,34)/t23-,25+/m1/s1. The molecule has 36 heavy (non-hydrogen) atoms. The van der Waals surface area contributed by atoms with Crippen LogP contribution in [0.3, 0.4) is 0 Å². The van der Waals surface area contributed by atoms with Crippen LogP contribution in [0.2, 0.25) is 0 Å². The number of methoxy groups -OCH3 is 1. The van der Waals surface area contributed by atoms with Crippen LogP contribution >= 0.6 is 0 Å². The van der Waals surface area contributed by atoms with Crippen molar-refractivity contribution in [1.29, 1.82) is 0 Å². The molecule has 0 unspecified atom stereocenters. The van der Waals surface area contributed by atoms with Crippen molar-refractivity contribution in [2.24, 2.45) is 5.92 Å². The Balaban J connectivity index is 1.50. The molecule has 5 rings (SSSR count). The molecule has 2 atom stereocenters. The monoisotopic (exact) mass is 494 g/mol. The number of hydrogen-bond acceptors (Lipinski definition) is 7. The van der Waals surface area contributed by atoms with Crippen LogP contribution in [0, 0.1) is 5.92 Å². The molecule has 2 fully saturated rings. The molecule has 9 nitrogen and oxygen atoms in total. The summed E-state index contributed by atoms with van der Waals surface area (Å²) in [6, 6.07) is 8.08. The number of nitrogens with one attached hydrogen (secondary N) is 1. The van der Waals surface area contributed by atoms with Gasteiger partial charge in [-0.15, -0.1) is 5.10 Å². The molecule has 1 saturated heterocycles. The Morgan fingerprint density at radius 1 is 1.17 bits per heavy atom. The van der Waals surface area contributed by atoms with Crippen LogP contribution in [0.1, 0.15) is 82.3 Å². The minimum atomic E-state index is -0.0810. The van der Waals surface area contributed by atoms with Gasteiger partial charge in [0.1, 0.15) is 5.75 Å². The van der Waals surface area contributed by atoms with E-state index in [0.717, 1.165) is 66.9 Å². The van der Waals surface area contributed by atoms with Gasteiger partial charge in [-0.1, -0.05) is 33.1 Å². The molecule has 0 bridgehead atoms. The molecule has 2 aromatic heterocycles. The van der Waals surface area contributed by atoms with Gasteiger partial charge < -0.3 is 14.5 Å². The number of rotatable bonds is 9. The Hall–Kier alpha value is -2.78. The third-order valence-electron chi connectivity index (χ3n) is 7.69. The average molecular weight is 495 g/mol. The highest BCUT2D eigenvalue weighted by Crippen LogP contribution is 2.34. The van der Waals surface area contributed by atoms with Crippen molar-refractivity contribution in [3.8, 4) is 5.75 Å². The highest BCUT2D eigenvalue weighted by molar-refractivity contribution is 5.80. The third-order valence-corrected chi connectivity index (χ3v) is 7.69. The molecule has 3 heterocycles. The summed E-state index contributed by atoms with van der Waals surface area (Å²) < 4.78 is 13.4. The minimum Gasteiger partial charge on any atom is -0.497 e. The lowest BCUT2D eigenvalue weighted by atomic mass is 9.94. The van der Waals surface area contributed by atoms with Crippen molar-refractivity contribution >= 4 is 10.9 Å². The molecule has 2 aliphatic rings. The van der Waals surface area contributed by atoms with Crippen molar-refractivity contribution in [2.75, 3.05) is 20.3 Å². The first-order valence-corrected chi connectivity index (χ1v) is 13.4. The largest absolute Gasteiger partial charge is 0.497 e. The number of fused-ring (bicyclic) bond motifs is 1. The average Bonchev–Trinajstić information content (AvgIpc) is 3.57. The molecule has 0 amide bonds. The van der Waals surface area contributed by atoms with Gasteiger partial charge >= 0.3 is 0 Å². The van der Waals surface area contributed by atoms with Crippen LogP contribution in [0.5, 0.6) is 5.75 Å². The number of ether oxygens (including phenoxy) is 2. The zero-order valence-electron chi connectivity index (χ0n) is 21.7. The lowest BCUT2D eigenvalue weighted by molar-refractivity contribution is 0.0375. The fourth-order valence-corrected chi connectivity index (χ4v) is 5.88. The maximum atomic E-state index is 13.2. The van der Waals surface area contributed by atoms with Crippen LogP contribution in [0.25, 0.3) is 10.9 Å². The molecule has 0 spiro atoms. The summed E-state index contributed by atoms with van der Waals surface area (Å²) >= 11 is 0. The maximum Gasteiger partial charge on any atom is 0.252 e. The smallest absolute Gasteiger partial charge is 0.252 e. The van der Waals surface area contributed by atoms with Crippen LogP contribution in [0.15, 0.2) is 29.1 Å². The number of benzene rings is 1. The summed E-state index contributed by atoms with van der Waals surface area (Å²) in [5.74, 6) is 1.88. The predicted octanol–water partition coefficient (Wildman–Crippen LogP) is 4.41. The van der Waals surface area contributed by atoms with Gasteiger partial charge in [-0.3, -0.25) is 9.69 Å². The summed E-state index contributed by atoms with van der Waals surface area (Å²) in [5, 5.41) is 14.1. The Kier molecular flexibility index (Phi) is 7.67. The number of H-pyrrole nitrogens is 1. The molecule has 3 aromatic rings. The van der Waals surface area contributed by atoms with Crippen molar-refractivity contribution < 1.29 is 9.47 Å². The Morgan fingerprint density at radius 2 is 2.00 bits per heavy atom. The van der Waals surface area contributed by atoms with Gasteiger partial charge in [0.15, 0.2) is 5.82 Å². The molecule has 0 radical (unpaired) electrons.